The number of carbonyl (C=O) groups is 2. The lowest BCUT2D eigenvalue weighted by Gasteiger charge is -2.45. The van der Waals surface area contributed by atoms with Gasteiger partial charge in [-0.15, -0.1) is 0 Å². The summed E-state index contributed by atoms with van der Waals surface area (Å²) in [5, 5.41) is 12.3. The molecule has 0 aromatic rings. The number of likely N-dealkylation sites (tertiary alicyclic amines) is 1. The van der Waals surface area contributed by atoms with Gasteiger partial charge in [-0.25, -0.2) is 4.79 Å². The van der Waals surface area contributed by atoms with E-state index >= 15 is 0 Å². The van der Waals surface area contributed by atoms with Crippen LogP contribution in [0.5, 0.6) is 0 Å². The molecule has 4 rings (SSSR count). The molecule has 112 valence electrons. The minimum absolute atomic E-state index is 0.0833. The maximum absolute atomic E-state index is 12.4. The lowest BCUT2D eigenvalue weighted by Crippen LogP contribution is -2.59. The molecule has 4 fully saturated rings. The van der Waals surface area contributed by atoms with Crippen LogP contribution in [0.4, 0.5) is 4.79 Å². The molecular formula is C14H23N3O3. The summed E-state index contributed by atoms with van der Waals surface area (Å²) < 4.78 is 0. The van der Waals surface area contributed by atoms with Crippen LogP contribution in [0.1, 0.15) is 26.2 Å². The number of carbonyl (C=O) groups excluding carboxylic acids is 1. The number of amides is 2. The van der Waals surface area contributed by atoms with Gasteiger partial charge in [0.1, 0.15) is 0 Å². The first-order valence-electron chi connectivity index (χ1n) is 7.58. The Morgan fingerprint density at radius 3 is 2.35 bits per heavy atom. The Bertz CT molecular complexity index is 406. The van der Waals surface area contributed by atoms with Gasteiger partial charge in [-0.05, 0) is 45.2 Å². The molecule has 20 heavy (non-hydrogen) atoms. The summed E-state index contributed by atoms with van der Waals surface area (Å²) >= 11 is 0. The van der Waals surface area contributed by atoms with Crippen molar-refractivity contribution >= 4 is 12.0 Å². The molecule has 6 nitrogen and oxygen atoms in total. The number of carboxylic acids is 1. The van der Waals surface area contributed by atoms with Crippen LogP contribution in [0.3, 0.4) is 0 Å². The summed E-state index contributed by atoms with van der Waals surface area (Å²) in [4.78, 5) is 27.6. The number of nitrogens with zero attached hydrogens (tertiary/aromatic N) is 2. The van der Waals surface area contributed by atoms with Crippen LogP contribution in [0, 0.1) is 11.8 Å². The minimum Gasteiger partial charge on any atom is -0.481 e. The number of piperidine rings is 3. The first kappa shape index (κ1) is 13.7. The van der Waals surface area contributed by atoms with E-state index in [2.05, 4.69) is 10.2 Å². The average molecular weight is 281 g/mol. The van der Waals surface area contributed by atoms with E-state index in [4.69, 9.17) is 5.11 Å². The van der Waals surface area contributed by atoms with E-state index < -0.39 is 11.9 Å². The van der Waals surface area contributed by atoms with Gasteiger partial charge in [0.05, 0.1) is 5.92 Å². The van der Waals surface area contributed by atoms with Crippen molar-refractivity contribution in [3.05, 3.63) is 0 Å². The van der Waals surface area contributed by atoms with Crippen molar-refractivity contribution in [3.63, 3.8) is 0 Å². The number of rotatable bonds is 2. The molecule has 3 atom stereocenters. The number of hydrogen-bond acceptors (Lipinski definition) is 3. The molecule has 3 unspecified atom stereocenters. The Balaban J connectivity index is 1.58. The zero-order valence-corrected chi connectivity index (χ0v) is 11.9. The summed E-state index contributed by atoms with van der Waals surface area (Å²) in [5.74, 6) is -0.625. The molecule has 0 saturated carbocycles. The van der Waals surface area contributed by atoms with Gasteiger partial charge in [0.15, 0.2) is 0 Å². The fourth-order valence-electron chi connectivity index (χ4n) is 3.93. The molecule has 0 aromatic carbocycles. The Morgan fingerprint density at radius 1 is 1.15 bits per heavy atom. The second-order valence-electron chi connectivity index (χ2n) is 6.36. The molecule has 4 heterocycles. The minimum atomic E-state index is -0.796. The highest BCUT2D eigenvalue weighted by molar-refractivity contribution is 5.78. The number of aliphatic carboxylic acids is 1. The van der Waals surface area contributed by atoms with E-state index in [9.17, 15) is 9.59 Å². The van der Waals surface area contributed by atoms with E-state index in [1.165, 1.54) is 0 Å². The van der Waals surface area contributed by atoms with E-state index in [0.717, 1.165) is 32.5 Å². The fourth-order valence-corrected chi connectivity index (χ4v) is 3.93. The third-order valence-electron chi connectivity index (χ3n) is 5.30. The predicted octanol–water partition coefficient (Wildman–Crippen LogP) is 0.585. The molecule has 4 saturated heterocycles. The van der Waals surface area contributed by atoms with Crippen molar-refractivity contribution in [2.45, 2.75) is 38.3 Å². The van der Waals surface area contributed by atoms with Crippen LogP contribution >= 0.6 is 0 Å². The molecule has 4 aliphatic rings. The van der Waals surface area contributed by atoms with Crippen LogP contribution in [0.15, 0.2) is 0 Å². The molecule has 2 amide bonds. The average Bonchev–Trinajstić information content (AvgIpc) is 2.82. The third kappa shape index (κ3) is 2.37. The highest BCUT2D eigenvalue weighted by Crippen LogP contribution is 2.29. The van der Waals surface area contributed by atoms with Crippen molar-refractivity contribution in [1.82, 2.24) is 15.1 Å². The van der Waals surface area contributed by atoms with Crippen molar-refractivity contribution in [3.8, 4) is 0 Å². The van der Waals surface area contributed by atoms with Crippen molar-refractivity contribution in [1.29, 1.82) is 0 Å². The molecule has 4 aliphatic heterocycles. The zero-order chi connectivity index (χ0) is 14.3. The fraction of sp³-hybridized carbons (Fsp3) is 0.857. The topological polar surface area (TPSA) is 72.9 Å². The van der Waals surface area contributed by atoms with Gasteiger partial charge >= 0.3 is 12.0 Å². The summed E-state index contributed by atoms with van der Waals surface area (Å²) in [5.41, 5.74) is 0. The van der Waals surface area contributed by atoms with E-state index in [0.29, 0.717) is 18.9 Å². The molecule has 2 N–H and O–H groups in total. The maximum atomic E-state index is 12.4. The Kier molecular flexibility index (Phi) is 3.58. The lowest BCUT2D eigenvalue weighted by atomic mass is 9.84. The van der Waals surface area contributed by atoms with Crippen LogP contribution in [-0.2, 0) is 4.79 Å². The summed E-state index contributed by atoms with van der Waals surface area (Å²) in [7, 11) is 0. The van der Waals surface area contributed by atoms with Gasteiger partial charge in [0.2, 0.25) is 0 Å². The number of urea groups is 1. The molecule has 6 heteroatoms. The normalized spacial score (nSPS) is 39.9. The Morgan fingerprint density at radius 2 is 1.85 bits per heavy atom. The zero-order valence-electron chi connectivity index (χ0n) is 11.9. The van der Waals surface area contributed by atoms with Crippen molar-refractivity contribution in [2.75, 3.05) is 26.2 Å². The van der Waals surface area contributed by atoms with Crippen molar-refractivity contribution in [2.24, 2.45) is 11.8 Å². The van der Waals surface area contributed by atoms with Crippen LogP contribution in [0.25, 0.3) is 0 Å². The van der Waals surface area contributed by atoms with Gasteiger partial charge in [0.25, 0.3) is 0 Å². The molecule has 0 aliphatic carbocycles. The second kappa shape index (κ2) is 5.24. The van der Waals surface area contributed by atoms with E-state index in [-0.39, 0.29) is 18.1 Å². The smallest absolute Gasteiger partial charge is 0.317 e. The number of hydrogen-bond donors (Lipinski definition) is 2. The first-order chi connectivity index (χ1) is 9.56. The largest absolute Gasteiger partial charge is 0.481 e. The van der Waals surface area contributed by atoms with Gasteiger partial charge in [0, 0.05) is 25.2 Å². The maximum Gasteiger partial charge on any atom is 0.317 e. The second-order valence-corrected chi connectivity index (χ2v) is 6.36. The SMILES string of the molecule is CC1C(C(=O)O)CCN1C(=O)NC1CN2CCC1CC2. The molecule has 0 spiro atoms. The van der Waals surface area contributed by atoms with Gasteiger partial charge in [-0.3, -0.25) is 4.79 Å². The monoisotopic (exact) mass is 281 g/mol. The highest BCUT2D eigenvalue weighted by Gasteiger charge is 2.40. The number of carboxylic acid groups (broad SMARTS) is 1. The Labute approximate surface area is 119 Å². The number of fused-ring (bicyclic) bond motifs is 3. The number of nitrogens with one attached hydrogen (secondary N) is 1. The Hall–Kier alpha value is -1.30. The van der Waals surface area contributed by atoms with Crippen molar-refractivity contribution < 1.29 is 14.7 Å². The van der Waals surface area contributed by atoms with Gasteiger partial charge in [-0.1, -0.05) is 0 Å². The molecule has 2 bridgehead atoms. The van der Waals surface area contributed by atoms with Crippen LogP contribution in [-0.4, -0.2) is 65.2 Å². The predicted molar refractivity (Wildman–Crippen MR) is 73.4 cm³/mol. The molecule has 0 aromatic heterocycles. The third-order valence-corrected chi connectivity index (χ3v) is 5.30. The van der Waals surface area contributed by atoms with Gasteiger partial charge in [-0.2, -0.15) is 0 Å². The van der Waals surface area contributed by atoms with Gasteiger partial charge < -0.3 is 20.2 Å². The summed E-state index contributed by atoms with van der Waals surface area (Å²) in [6, 6.07) is -0.0605. The standard InChI is InChI=1S/C14H23N3O3/c1-9-11(13(18)19)4-7-17(9)14(20)15-12-8-16-5-2-10(12)3-6-16/h9-12H,2-8H2,1H3,(H,15,20)(H,18,19). The quantitative estimate of drug-likeness (QED) is 0.777. The lowest BCUT2D eigenvalue weighted by molar-refractivity contribution is -0.142. The first-order valence-corrected chi connectivity index (χ1v) is 7.58. The van der Waals surface area contributed by atoms with E-state index in [1.807, 2.05) is 6.92 Å². The summed E-state index contributed by atoms with van der Waals surface area (Å²) in [6.45, 7) is 5.63. The van der Waals surface area contributed by atoms with Crippen LogP contribution in [0.2, 0.25) is 0 Å². The molecular weight excluding hydrogens is 258 g/mol. The van der Waals surface area contributed by atoms with Crippen LogP contribution < -0.4 is 5.32 Å². The highest BCUT2D eigenvalue weighted by atomic mass is 16.4. The summed E-state index contributed by atoms with van der Waals surface area (Å²) in [6.07, 6.45) is 2.89. The van der Waals surface area contributed by atoms with E-state index in [1.54, 1.807) is 4.90 Å². The molecule has 0 radical (unpaired) electrons.